The Balaban J connectivity index is 1.89. The largest absolute Gasteiger partial charge is 0.379 e. The molecule has 70 valence electrons. The van der Waals surface area contributed by atoms with E-state index in [9.17, 15) is 0 Å². The molecule has 1 heterocycles. The van der Waals surface area contributed by atoms with Crippen molar-refractivity contribution < 1.29 is 4.74 Å². The molecule has 2 rings (SSSR count). The Morgan fingerprint density at radius 2 is 2.00 bits per heavy atom. The van der Waals surface area contributed by atoms with Crippen LogP contribution in [0.5, 0.6) is 0 Å². The minimum Gasteiger partial charge on any atom is -0.379 e. The average molecular weight is 234 g/mol. The van der Waals surface area contributed by atoms with Gasteiger partial charge in [-0.1, -0.05) is 22.9 Å². The summed E-state index contributed by atoms with van der Waals surface area (Å²) in [4.78, 5) is 3.29. The van der Waals surface area contributed by atoms with Crippen molar-refractivity contribution in [1.29, 1.82) is 0 Å². The summed E-state index contributed by atoms with van der Waals surface area (Å²) in [6.45, 7) is 6.43. The van der Waals surface area contributed by atoms with E-state index in [0.29, 0.717) is 0 Å². The van der Waals surface area contributed by atoms with Crippen molar-refractivity contribution >= 4 is 15.9 Å². The number of morpholine rings is 1. The van der Waals surface area contributed by atoms with Crippen LogP contribution in [0.3, 0.4) is 0 Å². The van der Waals surface area contributed by atoms with Crippen LogP contribution in [0.1, 0.15) is 13.3 Å². The normalized spacial score (nSPS) is 44.0. The lowest BCUT2D eigenvalue weighted by Crippen LogP contribution is -2.56. The van der Waals surface area contributed by atoms with Gasteiger partial charge in [-0.05, 0) is 12.3 Å². The molecule has 0 N–H and O–H groups in total. The first-order valence-corrected chi connectivity index (χ1v) is 5.66. The minimum absolute atomic E-state index is 0.727. The number of ether oxygens (including phenoxy) is 1. The molecule has 0 bridgehead atoms. The van der Waals surface area contributed by atoms with Crippen LogP contribution in [0.2, 0.25) is 0 Å². The molecule has 0 aromatic heterocycles. The number of nitrogens with zero attached hydrogens (tertiary/aromatic N) is 1. The van der Waals surface area contributed by atoms with Crippen LogP contribution in [0.15, 0.2) is 0 Å². The zero-order chi connectivity index (χ0) is 8.55. The van der Waals surface area contributed by atoms with Crippen molar-refractivity contribution in [2.75, 3.05) is 26.3 Å². The van der Waals surface area contributed by atoms with Gasteiger partial charge in [0, 0.05) is 24.0 Å². The highest BCUT2D eigenvalue weighted by Crippen LogP contribution is 2.37. The summed E-state index contributed by atoms with van der Waals surface area (Å²) in [5.74, 6) is 0.868. The molecule has 1 saturated carbocycles. The molecule has 2 aliphatic rings. The highest BCUT2D eigenvalue weighted by atomic mass is 79.9. The van der Waals surface area contributed by atoms with E-state index in [-0.39, 0.29) is 0 Å². The maximum Gasteiger partial charge on any atom is 0.0594 e. The molecule has 3 atom stereocenters. The van der Waals surface area contributed by atoms with Gasteiger partial charge >= 0.3 is 0 Å². The van der Waals surface area contributed by atoms with Gasteiger partial charge in [-0.15, -0.1) is 0 Å². The fourth-order valence-electron chi connectivity index (χ4n) is 2.26. The third-order valence-corrected chi connectivity index (χ3v) is 3.93. The second-order valence-corrected chi connectivity index (χ2v) is 5.04. The first-order chi connectivity index (χ1) is 5.79. The molecule has 0 radical (unpaired) electrons. The maximum absolute atomic E-state index is 5.33. The summed E-state index contributed by atoms with van der Waals surface area (Å²) >= 11 is 3.72. The van der Waals surface area contributed by atoms with E-state index in [1.807, 2.05) is 0 Å². The van der Waals surface area contributed by atoms with Crippen molar-refractivity contribution in [1.82, 2.24) is 4.90 Å². The van der Waals surface area contributed by atoms with E-state index in [0.717, 1.165) is 43.1 Å². The summed E-state index contributed by atoms with van der Waals surface area (Å²) in [6.07, 6.45) is 1.34. The predicted octanol–water partition coefficient (Wildman–Crippen LogP) is 1.49. The fraction of sp³-hybridized carbons (Fsp3) is 1.00. The average Bonchev–Trinajstić information content (AvgIpc) is 2.05. The van der Waals surface area contributed by atoms with E-state index < -0.39 is 0 Å². The minimum atomic E-state index is 0.727. The smallest absolute Gasteiger partial charge is 0.0594 e. The summed E-state index contributed by atoms with van der Waals surface area (Å²) in [5, 5.41) is 0. The number of hydrogen-bond donors (Lipinski definition) is 0. The van der Waals surface area contributed by atoms with E-state index in [4.69, 9.17) is 4.74 Å². The molecule has 1 aliphatic carbocycles. The molecule has 2 fully saturated rings. The van der Waals surface area contributed by atoms with Crippen LogP contribution in [0.25, 0.3) is 0 Å². The summed E-state index contributed by atoms with van der Waals surface area (Å²) in [6, 6.07) is 0.772. The van der Waals surface area contributed by atoms with Crippen molar-refractivity contribution in [3.8, 4) is 0 Å². The van der Waals surface area contributed by atoms with Gasteiger partial charge in [0.1, 0.15) is 0 Å². The summed E-state index contributed by atoms with van der Waals surface area (Å²) in [7, 11) is 0. The highest BCUT2D eigenvalue weighted by Gasteiger charge is 2.40. The first kappa shape index (κ1) is 8.97. The highest BCUT2D eigenvalue weighted by molar-refractivity contribution is 9.09. The van der Waals surface area contributed by atoms with Crippen molar-refractivity contribution in [3.05, 3.63) is 0 Å². The van der Waals surface area contributed by atoms with E-state index in [1.165, 1.54) is 6.42 Å². The van der Waals surface area contributed by atoms with E-state index >= 15 is 0 Å². The van der Waals surface area contributed by atoms with Crippen LogP contribution >= 0.6 is 15.9 Å². The first-order valence-electron chi connectivity index (χ1n) is 4.75. The van der Waals surface area contributed by atoms with Crippen molar-refractivity contribution in [2.24, 2.45) is 5.92 Å². The van der Waals surface area contributed by atoms with Gasteiger partial charge in [0.15, 0.2) is 0 Å². The van der Waals surface area contributed by atoms with Gasteiger partial charge in [0.2, 0.25) is 0 Å². The van der Waals surface area contributed by atoms with Crippen LogP contribution in [0, 0.1) is 5.92 Å². The number of hydrogen-bond acceptors (Lipinski definition) is 2. The lowest BCUT2D eigenvalue weighted by Gasteiger charge is -2.48. The number of halogens is 1. The molecule has 3 heteroatoms. The topological polar surface area (TPSA) is 12.5 Å². The number of alkyl halides is 1. The van der Waals surface area contributed by atoms with Crippen molar-refractivity contribution in [3.63, 3.8) is 0 Å². The van der Waals surface area contributed by atoms with Crippen LogP contribution < -0.4 is 0 Å². The van der Waals surface area contributed by atoms with Gasteiger partial charge in [-0.2, -0.15) is 0 Å². The summed E-state index contributed by atoms with van der Waals surface area (Å²) in [5.41, 5.74) is 0. The Kier molecular flexibility index (Phi) is 2.72. The quantitative estimate of drug-likeness (QED) is 0.637. The second-order valence-electron chi connectivity index (χ2n) is 3.87. The third kappa shape index (κ3) is 1.54. The Bertz CT molecular complexity index is 151. The standard InChI is InChI=1S/C9H16BrNO/c1-7-6-8(10)9(7)11-2-4-12-5-3-11/h7-9H,2-6H2,1H3. The molecule has 0 amide bonds. The molecular formula is C9H16BrNO. The molecule has 0 aromatic carbocycles. The van der Waals surface area contributed by atoms with Crippen molar-refractivity contribution in [2.45, 2.75) is 24.2 Å². The Morgan fingerprint density at radius 1 is 1.33 bits per heavy atom. The van der Waals surface area contributed by atoms with E-state index in [2.05, 4.69) is 27.8 Å². The molecule has 0 spiro atoms. The molecular weight excluding hydrogens is 218 g/mol. The second kappa shape index (κ2) is 3.64. The van der Waals surface area contributed by atoms with Gasteiger partial charge in [-0.25, -0.2) is 0 Å². The fourth-order valence-corrected chi connectivity index (χ4v) is 3.70. The lowest BCUT2D eigenvalue weighted by atomic mass is 9.79. The Morgan fingerprint density at radius 3 is 2.50 bits per heavy atom. The zero-order valence-corrected chi connectivity index (χ0v) is 9.09. The molecule has 12 heavy (non-hydrogen) atoms. The molecule has 0 aromatic rings. The lowest BCUT2D eigenvalue weighted by molar-refractivity contribution is -0.0169. The van der Waals surface area contributed by atoms with Crippen LogP contribution in [-0.4, -0.2) is 42.1 Å². The number of rotatable bonds is 1. The monoisotopic (exact) mass is 233 g/mol. The van der Waals surface area contributed by atoms with Gasteiger partial charge in [0.05, 0.1) is 13.2 Å². The molecule has 1 saturated heterocycles. The van der Waals surface area contributed by atoms with Crippen LogP contribution in [0.4, 0.5) is 0 Å². The SMILES string of the molecule is CC1CC(Br)C1N1CCOCC1. The maximum atomic E-state index is 5.33. The zero-order valence-electron chi connectivity index (χ0n) is 7.50. The molecule has 2 nitrogen and oxygen atoms in total. The third-order valence-electron chi connectivity index (χ3n) is 3.02. The summed E-state index contributed by atoms with van der Waals surface area (Å²) < 4.78 is 5.33. The van der Waals surface area contributed by atoms with Gasteiger partial charge in [0.25, 0.3) is 0 Å². The molecule has 1 aliphatic heterocycles. The Labute approximate surface area is 82.4 Å². The predicted molar refractivity (Wildman–Crippen MR) is 52.7 cm³/mol. The van der Waals surface area contributed by atoms with Gasteiger partial charge < -0.3 is 4.74 Å². The van der Waals surface area contributed by atoms with Crippen LogP contribution in [-0.2, 0) is 4.74 Å². The Hall–Kier alpha value is 0.400. The molecule has 3 unspecified atom stereocenters. The van der Waals surface area contributed by atoms with E-state index in [1.54, 1.807) is 0 Å². The van der Waals surface area contributed by atoms with Gasteiger partial charge in [-0.3, -0.25) is 4.90 Å².